The third-order valence-electron chi connectivity index (χ3n) is 3.32. The maximum absolute atomic E-state index is 12.3. The van der Waals surface area contributed by atoms with E-state index in [2.05, 4.69) is 4.98 Å². The number of nitrogens with zero attached hydrogens (tertiary/aromatic N) is 1. The average molecular weight is 252 g/mol. The number of H-pyrrole nitrogens is 1. The number of amides is 1. The number of rotatable bonds is 3. The maximum atomic E-state index is 12.3. The highest BCUT2D eigenvalue weighted by Crippen LogP contribution is 2.23. The van der Waals surface area contributed by atoms with Crippen molar-refractivity contribution in [1.82, 2.24) is 9.88 Å². The van der Waals surface area contributed by atoms with Crippen molar-refractivity contribution >= 4 is 11.9 Å². The Morgan fingerprint density at radius 2 is 2.22 bits per heavy atom. The number of methoxy groups -OCH3 is 1. The third kappa shape index (κ3) is 2.11. The molecule has 1 aliphatic rings. The highest BCUT2D eigenvalue weighted by atomic mass is 16.5. The number of carbonyl (C=O) groups excluding carboxylic acids is 1. The van der Waals surface area contributed by atoms with E-state index in [0.29, 0.717) is 18.5 Å². The average Bonchev–Trinajstić information content (AvgIpc) is 2.93. The number of carbonyl (C=O) groups is 2. The first-order chi connectivity index (χ1) is 8.54. The Bertz CT molecular complexity index is 468. The van der Waals surface area contributed by atoms with E-state index in [4.69, 9.17) is 9.84 Å². The SMILES string of the molecule is COC1CC(C(=O)O)N(C(=O)c2c[nH]cc2C)C1. The maximum Gasteiger partial charge on any atom is 0.326 e. The minimum Gasteiger partial charge on any atom is -0.480 e. The van der Waals surface area contributed by atoms with Gasteiger partial charge in [0.2, 0.25) is 0 Å². The number of hydrogen-bond donors (Lipinski definition) is 2. The smallest absolute Gasteiger partial charge is 0.326 e. The second-order valence-corrected chi connectivity index (χ2v) is 4.46. The van der Waals surface area contributed by atoms with E-state index in [0.717, 1.165) is 5.56 Å². The molecule has 1 saturated heterocycles. The zero-order chi connectivity index (χ0) is 13.3. The van der Waals surface area contributed by atoms with Crippen molar-refractivity contribution in [3.63, 3.8) is 0 Å². The van der Waals surface area contributed by atoms with Gasteiger partial charge < -0.3 is 19.7 Å². The van der Waals surface area contributed by atoms with Crippen molar-refractivity contribution in [2.75, 3.05) is 13.7 Å². The molecule has 2 N–H and O–H groups in total. The number of likely N-dealkylation sites (tertiary alicyclic amines) is 1. The lowest BCUT2D eigenvalue weighted by molar-refractivity contribution is -0.141. The molecule has 0 bridgehead atoms. The first kappa shape index (κ1) is 12.6. The molecule has 6 nitrogen and oxygen atoms in total. The Hall–Kier alpha value is -1.82. The predicted molar refractivity (Wildman–Crippen MR) is 63.4 cm³/mol. The Kier molecular flexibility index (Phi) is 3.38. The monoisotopic (exact) mass is 252 g/mol. The fourth-order valence-corrected chi connectivity index (χ4v) is 2.25. The molecule has 0 aromatic carbocycles. The van der Waals surface area contributed by atoms with Crippen molar-refractivity contribution in [3.8, 4) is 0 Å². The Balaban J connectivity index is 2.23. The van der Waals surface area contributed by atoms with Gasteiger partial charge in [-0.1, -0.05) is 0 Å². The van der Waals surface area contributed by atoms with Crippen LogP contribution >= 0.6 is 0 Å². The van der Waals surface area contributed by atoms with Crippen LogP contribution < -0.4 is 0 Å². The fourth-order valence-electron chi connectivity index (χ4n) is 2.25. The van der Waals surface area contributed by atoms with Crippen molar-refractivity contribution in [1.29, 1.82) is 0 Å². The number of aromatic amines is 1. The van der Waals surface area contributed by atoms with Crippen LogP contribution in [0.4, 0.5) is 0 Å². The zero-order valence-corrected chi connectivity index (χ0v) is 10.3. The molecule has 18 heavy (non-hydrogen) atoms. The van der Waals surface area contributed by atoms with E-state index in [1.807, 2.05) is 6.92 Å². The summed E-state index contributed by atoms with van der Waals surface area (Å²) < 4.78 is 5.15. The van der Waals surface area contributed by atoms with Gasteiger partial charge in [-0.2, -0.15) is 0 Å². The van der Waals surface area contributed by atoms with Crippen molar-refractivity contribution in [2.45, 2.75) is 25.5 Å². The van der Waals surface area contributed by atoms with Crippen LogP contribution in [0.25, 0.3) is 0 Å². The lowest BCUT2D eigenvalue weighted by atomic mass is 10.1. The van der Waals surface area contributed by atoms with Crippen molar-refractivity contribution < 1.29 is 19.4 Å². The van der Waals surface area contributed by atoms with E-state index in [-0.39, 0.29) is 12.0 Å². The molecule has 2 rings (SSSR count). The molecule has 0 spiro atoms. The molecule has 1 fully saturated rings. The molecule has 2 atom stereocenters. The minimum absolute atomic E-state index is 0.214. The fraction of sp³-hybridized carbons (Fsp3) is 0.500. The molecule has 1 aromatic rings. The summed E-state index contributed by atoms with van der Waals surface area (Å²) in [4.78, 5) is 27.7. The molecule has 98 valence electrons. The molecule has 1 aliphatic heterocycles. The van der Waals surface area contributed by atoms with Gasteiger partial charge in [-0.25, -0.2) is 4.79 Å². The van der Waals surface area contributed by atoms with Gasteiger partial charge in [-0.05, 0) is 12.5 Å². The van der Waals surface area contributed by atoms with Crippen LogP contribution in [0.5, 0.6) is 0 Å². The van der Waals surface area contributed by atoms with Gasteiger partial charge in [0.15, 0.2) is 0 Å². The van der Waals surface area contributed by atoms with Crippen LogP contribution in [0.3, 0.4) is 0 Å². The Morgan fingerprint density at radius 1 is 1.50 bits per heavy atom. The summed E-state index contributed by atoms with van der Waals surface area (Å²) in [6.07, 6.45) is 3.43. The number of hydrogen-bond acceptors (Lipinski definition) is 3. The van der Waals surface area contributed by atoms with Crippen LogP contribution in [0.1, 0.15) is 22.3 Å². The van der Waals surface area contributed by atoms with Gasteiger partial charge >= 0.3 is 5.97 Å². The summed E-state index contributed by atoms with van der Waals surface area (Å²) in [5, 5.41) is 9.16. The number of carboxylic acids is 1. The van der Waals surface area contributed by atoms with Crippen molar-refractivity contribution in [2.24, 2.45) is 0 Å². The number of aromatic nitrogens is 1. The number of carboxylic acid groups (broad SMARTS) is 1. The molecule has 0 saturated carbocycles. The number of aryl methyl sites for hydroxylation is 1. The number of ether oxygens (including phenoxy) is 1. The Morgan fingerprint density at radius 3 is 2.72 bits per heavy atom. The van der Waals surface area contributed by atoms with Crippen LogP contribution in [0.15, 0.2) is 12.4 Å². The van der Waals surface area contributed by atoms with Crippen LogP contribution in [-0.2, 0) is 9.53 Å². The van der Waals surface area contributed by atoms with E-state index < -0.39 is 12.0 Å². The molecule has 0 radical (unpaired) electrons. The summed E-state index contributed by atoms with van der Waals surface area (Å²) in [6, 6.07) is -0.809. The highest BCUT2D eigenvalue weighted by molar-refractivity contribution is 5.98. The molecule has 1 aromatic heterocycles. The molecule has 6 heteroatoms. The predicted octanol–water partition coefficient (Wildman–Crippen LogP) is 0.637. The van der Waals surface area contributed by atoms with Gasteiger partial charge in [0.25, 0.3) is 5.91 Å². The summed E-state index contributed by atoms with van der Waals surface area (Å²) in [7, 11) is 1.53. The summed E-state index contributed by atoms with van der Waals surface area (Å²) in [6.45, 7) is 2.13. The zero-order valence-electron chi connectivity index (χ0n) is 10.3. The summed E-state index contributed by atoms with van der Waals surface area (Å²) in [5.74, 6) is -1.25. The highest BCUT2D eigenvalue weighted by Gasteiger charge is 2.40. The summed E-state index contributed by atoms with van der Waals surface area (Å²) in [5.41, 5.74) is 1.32. The van der Waals surface area contributed by atoms with E-state index >= 15 is 0 Å². The molecule has 1 amide bonds. The molecule has 2 heterocycles. The van der Waals surface area contributed by atoms with E-state index in [1.54, 1.807) is 12.4 Å². The van der Waals surface area contributed by atoms with Gasteiger partial charge in [0, 0.05) is 32.5 Å². The van der Waals surface area contributed by atoms with E-state index in [1.165, 1.54) is 12.0 Å². The largest absolute Gasteiger partial charge is 0.480 e. The normalized spacial score (nSPS) is 23.3. The van der Waals surface area contributed by atoms with Gasteiger partial charge in [0.1, 0.15) is 6.04 Å². The molecule has 2 unspecified atom stereocenters. The second-order valence-electron chi connectivity index (χ2n) is 4.46. The lowest BCUT2D eigenvalue weighted by Crippen LogP contribution is -2.40. The number of aliphatic carboxylic acids is 1. The standard InChI is InChI=1S/C12H16N2O4/c1-7-4-13-5-9(7)11(15)14-6-8(18-2)3-10(14)12(16)17/h4-5,8,10,13H,3,6H2,1-2H3,(H,16,17). The van der Waals surface area contributed by atoms with Gasteiger partial charge in [-0.15, -0.1) is 0 Å². The van der Waals surface area contributed by atoms with Crippen LogP contribution in [0, 0.1) is 6.92 Å². The molecular formula is C12H16N2O4. The van der Waals surface area contributed by atoms with Crippen LogP contribution in [-0.4, -0.2) is 52.7 Å². The van der Waals surface area contributed by atoms with Crippen LogP contribution in [0.2, 0.25) is 0 Å². The minimum atomic E-state index is -0.990. The first-order valence-electron chi connectivity index (χ1n) is 5.74. The second kappa shape index (κ2) is 4.81. The topological polar surface area (TPSA) is 82.6 Å². The molecular weight excluding hydrogens is 236 g/mol. The van der Waals surface area contributed by atoms with Gasteiger partial charge in [0.05, 0.1) is 11.7 Å². The third-order valence-corrected chi connectivity index (χ3v) is 3.32. The van der Waals surface area contributed by atoms with Gasteiger partial charge in [-0.3, -0.25) is 4.79 Å². The number of nitrogens with one attached hydrogen (secondary N) is 1. The quantitative estimate of drug-likeness (QED) is 0.827. The van der Waals surface area contributed by atoms with Crippen molar-refractivity contribution in [3.05, 3.63) is 23.5 Å². The lowest BCUT2D eigenvalue weighted by Gasteiger charge is -2.21. The summed E-state index contributed by atoms with van der Waals surface area (Å²) >= 11 is 0. The first-order valence-corrected chi connectivity index (χ1v) is 5.74. The van der Waals surface area contributed by atoms with E-state index in [9.17, 15) is 9.59 Å². The Labute approximate surface area is 105 Å². The molecule has 0 aliphatic carbocycles.